The number of nitrogens with two attached hydrogens (primary N) is 1. The monoisotopic (exact) mass is 216 g/mol. The molecule has 5 heteroatoms. The summed E-state index contributed by atoms with van der Waals surface area (Å²) in [4.78, 5) is 22.1. The van der Waals surface area contributed by atoms with E-state index in [4.69, 9.17) is 10.8 Å². The van der Waals surface area contributed by atoms with E-state index in [1.54, 1.807) is 6.92 Å². The van der Waals surface area contributed by atoms with Crippen molar-refractivity contribution in [1.29, 1.82) is 0 Å². The Labute approximate surface area is 90.0 Å². The Kier molecular flexibility index (Phi) is 5.93. The van der Waals surface area contributed by atoms with Crippen LogP contribution in [0.3, 0.4) is 0 Å². The molecule has 0 aliphatic heterocycles. The lowest BCUT2D eigenvalue weighted by atomic mass is 10.0. The first-order valence-electron chi connectivity index (χ1n) is 5.16. The molecule has 0 aromatic carbocycles. The predicted molar refractivity (Wildman–Crippen MR) is 57.2 cm³/mol. The highest BCUT2D eigenvalue weighted by atomic mass is 16.4. The van der Waals surface area contributed by atoms with E-state index < -0.39 is 17.9 Å². The van der Waals surface area contributed by atoms with Crippen LogP contribution >= 0.6 is 0 Å². The molecular formula is C10H20N2O3. The van der Waals surface area contributed by atoms with Crippen molar-refractivity contribution in [2.75, 3.05) is 6.54 Å². The largest absolute Gasteiger partial charge is 0.481 e. The lowest BCUT2D eigenvalue weighted by Crippen LogP contribution is -2.46. The maximum atomic E-state index is 11.4. The average molecular weight is 216 g/mol. The molecule has 0 aromatic rings. The molecule has 0 aromatic heterocycles. The van der Waals surface area contributed by atoms with Crippen LogP contribution in [0.1, 0.15) is 27.2 Å². The maximum absolute atomic E-state index is 11.4. The van der Waals surface area contributed by atoms with Gasteiger partial charge in [-0.15, -0.1) is 0 Å². The minimum absolute atomic E-state index is 0.0508. The first-order chi connectivity index (χ1) is 6.90. The third-order valence-corrected chi connectivity index (χ3v) is 2.39. The normalized spacial score (nSPS) is 14.7. The van der Waals surface area contributed by atoms with Gasteiger partial charge in [0, 0.05) is 6.54 Å². The third-order valence-electron chi connectivity index (χ3n) is 2.39. The number of carbonyl (C=O) groups excluding carboxylic acids is 1. The number of aliphatic carboxylic acids is 1. The van der Waals surface area contributed by atoms with Crippen molar-refractivity contribution in [3.63, 3.8) is 0 Å². The minimum Gasteiger partial charge on any atom is -0.481 e. The molecule has 2 atom stereocenters. The summed E-state index contributed by atoms with van der Waals surface area (Å²) in [5, 5.41) is 11.3. The van der Waals surface area contributed by atoms with Gasteiger partial charge in [-0.2, -0.15) is 0 Å². The fourth-order valence-electron chi connectivity index (χ4n) is 1.05. The lowest BCUT2D eigenvalue weighted by molar-refractivity contribution is -0.141. The molecule has 0 rings (SSSR count). The summed E-state index contributed by atoms with van der Waals surface area (Å²) in [5.41, 5.74) is 5.60. The molecule has 0 saturated heterocycles. The van der Waals surface area contributed by atoms with E-state index in [1.807, 2.05) is 13.8 Å². The standard InChI is InChI=1S/C10H20N2O3/c1-4-7(10(14)15)5-12-9(13)8(11)6(2)3/h6-8H,4-5,11H2,1-3H3,(H,12,13)(H,14,15)/t7?,8-/m1/s1. The van der Waals surface area contributed by atoms with Crippen LogP contribution in [0.15, 0.2) is 0 Å². The van der Waals surface area contributed by atoms with Crippen LogP contribution in [0, 0.1) is 11.8 Å². The van der Waals surface area contributed by atoms with Gasteiger partial charge >= 0.3 is 5.97 Å². The topological polar surface area (TPSA) is 92.4 Å². The molecule has 88 valence electrons. The number of hydrogen-bond acceptors (Lipinski definition) is 3. The van der Waals surface area contributed by atoms with Gasteiger partial charge in [0.15, 0.2) is 0 Å². The van der Waals surface area contributed by atoms with Gasteiger partial charge < -0.3 is 16.2 Å². The molecule has 4 N–H and O–H groups in total. The number of hydrogen-bond donors (Lipinski definition) is 3. The first kappa shape index (κ1) is 13.9. The Bertz CT molecular complexity index is 229. The Balaban J connectivity index is 4.04. The zero-order valence-electron chi connectivity index (χ0n) is 9.49. The second-order valence-electron chi connectivity index (χ2n) is 3.96. The molecule has 0 spiro atoms. The predicted octanol–water partition coefficient (Wildman–Crippen LogP) is 0.197. The van der Waals surface area contributed by atoms with Crippen molar-refractivity contribution in [3.05, 3.63) is 0 Å². The zero-order chi connectivity index (χ0) is 12.0. The SMILES string of the molecule is CCC(CNC(=O)[C@H](N)C(C)C)C(=O)O. The lowest BCUT2D eigenvalue weighted by Gasteiger charge is -2.17. The van der Waals surface area contributed by atoms with E-state index in [-0.39, 0.29) is 18.4 Å². The van der Waals surface area contributed by atoms with Crippen molar-refractivity contribution in [2.24, 2.45) is 17.6 Å². The van der Waals surface area contributed by atoms with Crippen molar-refractivity contribution in [2.45, 2.75) is 33.2 Å². The molecule has 0 radical (unpaired) electrons. The fourth-order valence-corrected chi connectivity index (χ4v) is 1.05. The molecule has 0 heterocycles. The van der Waals surface area contributed by atoms with Crippen molar-refractivity contribution >= 4 is 11.9 Å². The van der Waals surface area contributed by atoms with Crippen LogP contribution in [0.2, 0.25) is 0 Å². The van der Waals surface area contributed by atoms with Gasteiger partial charge in [0.2, 0.25) is 5.91 Å². The third kappa shape index (κ3) is 4.78. The van der Waals surface area contributed by atoms with E-state index in [1.165, 1.54) is 0 Å². The maximum Gasteiger partial charge on any atom is 0.308 e. The molecule has 0 fully saturated rings. The van der Waals surface area contributed by atoms with Gasteiger partial charge in [-0.1, -0.05) is 20.8 Å². The van der Waals surface area contributed by atoms with E-state index in [0.717, 1.165) is 0 Å². The van der Waals surface area contributed by atoms with Crippen LogP contribution < -0.4 is 11.1 Å². The minimum atomic E-state index is -0.893. The van der Waals surface area contributed by atoms with E-state index in [9.17, 15) is 9.59 Å². The number of carbonyl (C=O) groups is 2. The number of carboxylic acids is 1. The molecule has 0 saturated carbocycles. The smallest absolute Gasteiger partial charge is 0.308 e. The average Bonchev–Trinajstić information content (AvgIpc) is 2.16. The van der Waals surface area contributed by atoms with Crippen LogP contribution in [0.4, 0.5) is 0 Å². The summed E-state index contributed by atoms with van der Waals surface area (Å²) in [6.45, 7) is 5.61. The summed E-state index contributed by atoms with van der Waals surface area (Å²) in [6, 6.07) is -0.573. The van der Waals surface area contributed by atoms with E-state index in [2.05, 4.69) is 5.32 Å². The molecule has 0 aliphatic rings. The second-order valence-corrected chi connectivity index (χ2v) is 3.96. The zero-order valence-corrected chi connectivity index (χ0v) is 9.49. The summed E-state index contributed by atoms with van der Waals surface area (Å²) in [7, 11) is 0. The van der Waals surface area contributed by atoms with Crippen LogP contribution in [0.5, 0.6) is 0 Å². The molecule has 0 bridgehead atoms. The molecule has 1 unspecified atom stereocenters. The van der Waals surface area contributed by atoms with Crippen molar-refractivity contribution < 1.29 is 14.7 Å². The highest BCUT2D eigenvalue weighted by Gasteiger charge is 2.20. The summed E-state index contributed by atoms with van der Waals surface area (Å²) in [5.74, 6) is -1.66. The molecule has 15 heavy (non-hydrogen) atoms. The molecule has 1 amide bonds. The van der Waals surface area contributed by atoms with Crippen LogP contribution in [-0.4, -0.2) is 29.6 Å². The first-order valence-corrected chi connectivity index (χ1v) is 5.16. The quantitative estimate of drug-likeness (QED) is 0.591. The Morgan fingerprint density at radius 3 is 2.27 bits per heavy atom. The number of amides is 1. The van der Waals surface area contributed by atoms with Gasteiger partial charge in [-0.25, -0.2) is 0 Å². The molecular weight excluding hydrogens is 196 g/mol. The Morgan fingerprint density at radius 1 is 1.40 bits per heavy atom. The summed E-state index contributed by atoms with van der Waals surface area (Å²) < 4.78 is 0. The number of nitrogens with one attached hydrogen (secondary N) is 1. The van der Waals surface area contributed by atoms with Gasteiger partial charge in [0.05, 0.1) is 12.0 Å². The Hall–Kier alpha value is -1.10. The second kappa shape index (κ2) is 6.40. The number of rotatable bonds is 6. The van der Waals surface area contributed by atoms with Crippen molar-refractivity contribution in [1.82, 2.24) is 5.32 Å². The van der Waals surface area contributed by atoms with Crippen LogP contribution in [-0.2, 0) is 9.59 Å². The van der Waals surface area contributed by atoms with Crippen LogP contribution in [0.25, 0.3) is 0 Å². The molecule has 5 nitrogen and oxygen atoms in total. The van der Waals surface area contributed by atoms with Gasteiger partial charge in [0.25, 0.3) is 0 Å². The van der Waals surface area contributed by atoms with E-state index in [0.29, 0.717) is 6.42 Å². The van der Waals surface area contributed by atoms with Gasteiger partial charge in [-0.05, 0) is 12.3 Å². The fraction of sp³-hybridized carbons (Fsp3) is 0.800. The highest BCUT2D eigenvalue weighted by molar-refractivity contribution is 5.82. The Morgan fingerprint density at radius 2 is 1.93 bits per heavy atom. The van der Waals surface area contributed by atoms with E-state index >= 15 is 0 Å². The molecule has 0 aliphatic carbocycles. The summed E-state index contributed by atoms with van der Waals surface area (Å²) in [6.07, 6.45) is 0.493. The summed E-state index contributed by atoms with van der Waals surface area (Å²) >= 11 is 0. The van der Waals surface area contributed by atoms with Gasteiger partial charge in [0.1, 0.15) is 0 Å². The highest BCUT2D eigenvalue weighted by Crippen LogP contribution is 2.02. The number of carboxylic acid groups (broad SMARTS) is 1. The van der Waals surface area contributed by atoms with Crippen molar-refractivity contribution in [3.8, 4) is 0 Å². The van der Waals surface area contributed by atoms with Gasteiger partial charge in [-0.3, -0.25) is 9.59 Å².